The second kappa shape index (κ2) is 5.91. The molecule has 0 bridgehead atoms. The van der Waals surface area contributed by atoms with Crippen LogP contribution < -0.4 is 5.43 Å². The molecule has 1 unspecified atom stereocenters. The predicted octanol–water partition coefficient (Wildman–Crippen LogP) is 0.993. The summed E-state index contributed by atoms with van der Waals surface area (Å²) in [7, 11) is 0. The van der Waals surface area contributed by atoms with Gasteiger partial charge in [-0.2, -0.15) is 17.7 Å². The maximum atomic E-state index is 11.9. The lowest BCUT2D eigenvalue weighted by molar-refractivity contribution is 0.495. The zero-order chi connectivity index (χ0) is 8.69. The fourth-order valence-electron chi connectivity index (χ4n) is 0.325. The average Bonchev–Trinajstić information content (AvgIpc) is 2.03. The monoisotopic (exact) mass is 175 g/mol. The Balaban J connectivity index is 3.68. The molecular formula is C6H10FN3S. The Morgan fingerprint density at radius 1 is 1.91 bits per heavy atom. The van der Waals surface area contributed by atoms with Crippen LogP contribution in [0.3, 0.4) is 0 Å². The summed E-state index contributed by atoms with van der Waals surface area (Å²) in [5, 5.41) is 9.54. The molecule has 0 heterocycles. The smallest absolute Gasteiger partial charge is 0.107 e. The zero-order valence-electron chi connectivity index (χ0n) is 5.92. The first-order chi connectivity index (χ1) is 5.22. The number of thiol groups is 1. The van der Waals surface area contributed by atoms with Gasteiger partial charge in [0.05, 0.1) is 11.5 Å². The molecule has 62 valence electrons. The molecule has 0 saturated carbocycles. The summed E-state index contributed by atoms with van der Waals surface area (Å²) in [5.74, 6) is 0. The van der Waals surface area contributed by atoms with Crippen LogP contribution in [-0.4, -0.2) is 24.4 Å². The van der Waals surface area contributed by atoms with Gasteiger partial charge in [0.15, 0.2) is 0 Å². The van der Waals surface area contributed by atoms with E-state index in [-0.39, 0.29) is 0 Å². The Hall–Kier alpha value is -0.840. The van der Waals surface area contributed by atoms with Crippen molar-refractivity contribution in [2.75, 3.05) is 6.67 Å². The molecule has 0 radical (unpaired) electrons. The minimum Gasteiger partial charge on any atom is -0.307 e. The van der Waals surface area contributed by atoms with E-state index in [2.05, 4.69) is 29.7 Å². The Labute approximate surface area is 70.3 Å². The Morgan fingerprint density at radius 2 is 2.55 bits per heavy atom. The van der Waals surface area contributed by atoms with Crippen LogP contribution in [0.5, 0.6) is 0 Å². The van der Waals surface area contributed by atoms with Gasteiger partial charge in [0.2, 0.25) is 0 Å². The molecule has 0 spiro atoms. The van der Waals surface area contributed by atoms with Crippen molar-refractivity contribution in [3.05, 3.63) is 12.3 Å². The highest BCUT2D eigenvalue weighted by atomic mass is 32.1. The normalized spacial score (nSPS) is 12.9. The zero-order valence-corrected chi connectivity index (χ0v) is 6.81. The second-order valence-electron chi connectivity index (χ2n) is 1.75. The van der Waals surface area contributed by atoms with Crippen LogP contribution in [0.15, 0.2) is 17.4 Å². The lowest BCUT2D eigenvalue weighted by Gasteiger charge is -2.07. The van der Waals surface area contributed by atoms with Crippen molar-refractivity contribution >= 4 is 25.1 Å². The molecule has 0 aliphatic rings. The fraction of sp³-hybridized carbons (Fsp3) is 0.333. The number of alkyl halides is 1. The third kappa shape index (κ3) is 4.55. The van der Waals surface area contributed by atoms with Crippen LogP contribution in [-0.2, 0) is 0 Å². The molecule has 0 aromatic carbocycles. The maximum absolute atomic E-state index is 11.9. The molecule has 0 aromatic heterocycles. The van der Waals surface area contributed by atoms with Gasteiger partial charge in [-0.25, -0.2) is 4.39 Å². The molecule has 3 nitrogen and oxygen atoms in total. The Morgan fingerprint density at radius 3 is 3.00 bits per heavy atom. The van der Waals surface area contributed by atoms with Crippen LogP contribution in [0, 0.1) is 5.41 Å². The number of nitrogens with one attached hydrogen (secondary N) is 2. The first kappa shape index (κ1) is 10.2. The molecule has 2 N–H and O–H groups in total. The summed E-state index contributed by atoms with van der Waals surface area (Å²) in [6, 6.07) is 0. The van der Waals surface area contributed by atoms with Crippen LogP contribution >= 0.6 is 12.6 Å². The summed E-state index contributed by atoms with van der Waals surface area (Å²) in [4.78, 5) is 0. The van der Waals surface area contributed by atoms with Crippen molar-refractivity contribution in [2.45, 2.75) is 5.25 Å². The van der Waals surface area contributed by atoms with E-state index in [1.165, 1.54) is 6.21 Å². The van der Waals surface area contributed by atoms with Gasteiger partial charge in [-0.05, 0) is 0 Å². The van der Waals surface area contributed by atoms with Gasteiger partial charge in [0.1, 0.15) is 6.67 Å². The molecule has 0 fully saturated rings. The largest absolute Gasteiger partial charge is 0.307 e. The lowest BCUT2D eigenvalue weighted by Crippen LogP contribution is -2.16. The van der Waals surface area contributed by atoms with E-state index >= 15 is 0 Å². The SMILES string of the molecule is C=C(N/N=C\C=N)C(S)CF. The highest BCUT2D eigenvalue weighted by Gasteiger charge is 2.04. The molecule has 1 atom stereocenters. The molecule has 5 heteroatoms. The van der Waals surface area contributed by atoms with Crippen molar-refractivity contribution < 1.29 is 4.39 Å². The standard InChI is InChI=1S/C6H10FN3S/c1-5(6(11)4-7)10-9-3-2-8/h2-3,6,8,10-11H,1,4H2/b8-2?,9-3-. The molecule has 0 aliphatic heterocycles. The van der Waals surface area contributed by atoms with E-state index in [1.54, 1.807) is 0 Å². The van der Waals surface area contributed by atoms with Gasteiger partial charge in [-0.1, -0.05) is 6.58 Å². The number of nitrogens with zero attached hydrogens (tertiary/aromatic N) is 1. The number of halogens is 1. The fourth-order valence-corrected chi connectivity index (χ4v) is 0.383. The molecular weight excluding hydrogens is 165 g/mol. The lowest BCUT2D eigenvalue weighted by atomic mass is 10.4. The molecule has 0 saturated heterocycles. The minimum atomic E-state index is -0.588. The van der Waals surface area contributed by atoms with Gasteiger partial charge in [-0.3, -0.25) is 5.43 Å². The topological polar surface area (TPSA) is 48.2 Å². The van der Waals surface area contributed by atoms with Gasteiger partial charge in [0.25, 0.3) is 0 Å². The number of hydrogen-bond donors (Lipinski definition) is 3. The summed E-state index contributed by atoms with van der Waals surface area (Å²) in [5.41, 5.74) is 2.82. The first-order valence-electron chi connectivity index (χ1n) is 2.93. The predicted molar refractivity (Wildman–Crippen MR) is 48.3 cm³/mol. The van der Waals surface area contributed by atoms with Crippen LogP contribution in [0.2, 0.25) is 0 Å². The molecule has 0 aliphatic carbocycles. The first-order valence-corrected chi connectivity index (χ1v) is 3.45. The van der Waals surface area contributed by atoms with E-state index in [4.69, 9.17) is 5.41 Å². The Kier molecular flexibility index (Phi) is 5.46. The molecule has 0 rings (SSSR count). The van der Waals surface area contributed by atoms with Gasteiger partial charge in [-0.15, -0.1) is 0 Å². The molecule has 0 aromatic rings. The van der Waals surface area contributed by atoms with E-state index in [9.17, 15) is 4.39 Å². The van der Waals surface area contributed by atoms with E-state index in [0.29, 0.717) is 5.70 Å². The number of rotatable bonds is 5. The summed E-state index contributed by atoms with van der Waals surface area (Å²) >= 11 is 3.86. The van der Waals surface area contributed by atoms with Gasteiger partial charge >= 0.3 is 0 Å². The third-order valence-corrected chi connectivity index (χ3v) is 1.36. The summed E-state index contributed by atoms with van der Waals surface area (Å²) in [6.07, 6.45) is 2.23. The molecule has 11 heavy (non-hydrogen) atoms. The van der Waals surface area contributed by atoms with Crippen LogP contribution in [0.4, 0.5) is 4.39 Å². The maximum Gasteiger partial charge on any atom is 0.107 e. The van der Waals surface area contributed by atoms with Crippen molar-refractivity contribution in [2.24, 2.45) is 5.10 Å². The highest BCUT2D eigenvalue weighted by Crippen LogP contribution is 2.03. The minimum absolute atomic E-state index is 0.383. The van der Waals surface area contributed by atoms with Gasteiger partial charge < -0.3 is 5.41 Å². The number of hydrogen-bond acceptors (Lipinski definition) is 4. The van der Waals surface area contributed by atoms with Crippen molar-refractivity contribution in [1.82, 2.24) is 5.43 Å². The summed E-state index contributed by atoms with van der Waals surface area (Å²) in [6.45, 7) is 2.89. The van der Waals surface area contributed by atoms with Crippen LogP contribution in [0.1, 0.15) is 0 Å². The van der Waals surface area contributed by atoms with E-state index < -0.39 is 11.9 Å². The second-order valence-corrected chi connectivity index (χ2v) is 2.38. The third-order valence-electron chi connectivity index (χ3n) is 0.906. The number of hydrazone groups is 1. The molecule has 0 amide bonds. The van der Waals surface area contributed by atoms with E-state index in [1.807, 2.05) is 0 Å². The Bertz CT molecular complexity index is 169. The van der Waals surface area contributed by atoms with E-state index in [0.717, 1.165) is 6.21 Å². The van der Waals surface area contributed by atoms with Crippen LogP contribution in [0.25, 0.3) is 0 Å². The summed E-state index contributed by atoms with van der Waals surface area (Å²) < 4.78 is 11.9. The quantitative estimate of drug-likeness (QED) is 0.326. The average molecular weight is 175 g/mol. The highest BCUT2D eigenvalue weighted by molar-refractivity contribution is 7.81. The van der Waals surface area contributed by atoms with Crippen molar-refractivity contribution in [3.8, 4) is 0 Å². The van der Waals surface area contributed by atoms with Crippen molar-refractivity contribution in [3.63, 3.8) is 0 Å². The van der Waals surface area contributed by atoms with Gasteiger partial charge in [0, 0.05) is 11.9 Å². The van der Waals surface area contributed by atoms with Crippen molar-refractivity contribution in [1.29, 1.82) is 5.41 Å².